The highest BCUT2D eigenvalue weighted by atomic mass is 32.1. The van der Waals surface area contributed by atoms with E-state index < -0.39 is 5.97 Å². The maximum Gasteiger partial charge on any atom is 0.335 e. The molecule has 2 aromatic carbocycles. The lowest BCUT2D eigenvalue weighted by atomic mass is 10.1. The molecule has 0 amide bonds. The van der Waals surface area contributed by atoms with Crippen LogP contribution in [0.2, 0.25) is 0 Å². The van der Waals surface area contributed by atoms with Crippen molar-refractivity contribution in [3.05, 3.63) is 64.7 Å². The Labute approximate surface area is 135 Å². The number of rotatable bonds is 4. The molecule has 0 bridgehead atoms. The van der Waals surface area contributed by atoms with Crippen LogP contribution in [0.1, 0.15) is 27.0 Å². The fraction of sp³-hybridized carbons (Fsp3) is 0.176. The van der Waals surface area contributed by atoms with Gasteiger partial charge in [-0.25, -0.2) is 4.79 Å². The fourth-order valence-electron chi connectivity index (χ4n) is 2.07. The lowest BCUT2D eigenvalue weighted by Crippen LogP contribution is -2.28. The topological polar surface area (TPSA) is 61.4 Å². The summed E-state index contributed by atoms with van der Waals surface area (Å²) in [5.74, 6) is -0.924. The molecule has 2 aromatic rings. The summed E-state index contributed by atoms with van der Waals surface area (Å²) >= 11 is 5.28. The Morgan fingerprint density at radius 3 is 2.41 bits per heavy atom. The molecule has 5 heteroatoms. The van der Waals surface area contributed by atoms with Crippen molar-refractivity contribution in [1.29, 1.82) is 0 Å². The van der Waals surface area contributed by atoms with E-state index in [1.807, 2.05) is 26.0 Å². The minimum atomic E-state index is -0.924. The average Bonchev–Trinajstić information content (AvgIpc) is 2.48. The number of carbonyl (C=O) groups is 1. The molecule has 0 aromatic heterocycles. The van der Waals surface area contributed by atoms with Crippen molar-refractivity contribution in [3.63, 3.8) is 0 Å². The van der Waals surface area contributed by atoms with E-state index in [4.69, 9.17) is 17.3 Å². The molecule has 0 unspecified atom stereocenters. The van der Waals surface area contributed by atoms with Gasteiger partial charge < -0.3 is 15.7 Å². The summed E-state index contributed by atoms with van der Waals surface area (Å²) in [4.78, 5) is 10.8. The normalized spacial score (nSPS) is 10.1. The van der Waals surface area contributed by atoms with Gasteiger partial charge in [0, 0.05) is 12.2 Å². The fourth-order valence-corrected chi connectivity index (χ4v) is 2.25. The standard InChI is InChI=1S/C17H18N2O2S/c1-11-3-8-15(12(2)9-11)19-17(22)18-10-13-4-6-14(7-5-13)16(20)21/h3-9H,10H2,1-2H3,(H,20,21)(H2,18,19,22). The van der Waals surface area contributed by atoms with Crippen LogP contribution in [0.4, 0.5) is 5.69 Å². The highest BCUT2D eigenvalue weighted by Crippen LogP contribution is 2.15. The molecule has 0 saturated carbocycles. The third kappa shape index (κ3) is 4.30. The molecule has 2 rings (SSSR count). The predicted octanol–water partition coefficient (Wildman–Crippen LogP) is 3.49. The number of anilines is 1. The van der Waals surface area contributed by atoms with Gasteiger partial charge in [-0.05, 0) is 55.4 Å². The van der Waals surface area contributed by atoms with E-state index in [9.17, 15) is 4.79 Å². The zero-order valence-corrected chi connectivity index (χ0v) is 13.3. The summed E-state index contributed by atoms with van der Waals surface area (Å²) in [6, 6.07) is 12.8. The monoisotopic (exact) mass is 314 g/mol. The summed E-state index contributed by atoms with van der Waals surface area (Å²) < 4.78 is 0. The van der Waals surface area contributed by atoms with Gasteiger partial charge in [-0.1, -0.05) is 29.8 Å². The average molecular weight is 314 g/mol. The number of hydrogen-bond donors (Lipinski definition) is 3. The first-order valence-electron chi connectivity index (χ1n) is 6.90. The van der Waals surface area contributed by atoms with Crippen molar-refractivity contribution >= 4 is 29.0 Å². The molecule has 3 N–H and O–H groups in total. The molecular weight excluding hydrogens is 296 g/mol. The van der Waals surface area contributed by atoms with Crippen molar-refractivity contribution in [2.75, 3.05) is 5.32 Å². The van der Waals surface area contributed by atoms with Crippen molar-refractivity contribution < 1.29 is 9.90 Å². The Balaban J connectivity index is 1.91. The van der Waals surface area contributed by atoms with E-state index in [1.165, 1.54) is 5.56 Å². The van der Waals surface area contributed by atoms with E-state index in [2.05, 4.69) is 16.7 Å². The van der Waals surface area contributed by atoms with Crippen LogP contribution in [-0.2, 0) is 6.54 Å². The van der Waals surface area contributed by atoms with E-state index in [-0.39, 0.29) is 5.56 Å². The van der Waals surface area contributed by atoms with Crippen LogP contribution in [0.5, 0.6) is 0 Å². The molecule has 0 aliphatic carbocycles. The van der Waals surface area contributed by atoms with E-state index >= 15 is 0 Å². The highest BCUT2D eigenvalue weighted by Gasteiger charge is 2.03. The van der Waals surface area contributed by atoms with Crippen molar-refractivity contribution in [3.8, 4) is 0 Å². The zero-order chi connectivity index (χ0) is 16.1. The molecule has 0 radical (unpaired) electrons. The van der Waals surface area contributed by atoms with Crippen molar-refractivity contribution in [1.82, 2.24) is 5.32 Å². The number of benzene rings is 2. The molecule has 0 aliphatic rings. The Bertz CT molecular complexity index is 696. The number of aryl methyl sites for hydroxylation is 2. The molecule has 0 saturated heterocycles. The molecular formula is C17H18N2O2S. The van der Waals surface area contributed by atoms with Gasteiger partial charge in [-0.15, -0.1) is 0 Å². The van der Waals surface area contributed by atoms with Crippen LogP contribution < -0.4 is 10.6 Å². The molecule has 114 valence electrons. The maximum atomic E-state index is 10.8. The van der Waals surface area contributed by atoms with Crippen LogP contribution in [-0.4, -0.2) is 16.2 Å². The number of nitrogens with one attached hydrogen (secondary N) is 2. The van der Waals surface area contributed by atoms with Gasteiger partial charge in [0.25, 0.3) is 0 Å². The van der Waals surface area contributed by atoms with Gasteiger partial charge in [0.15, 0.2) is 5.11 Å². The predicted molar refractivity (Wildman–Crippen MR) is 92.4 cm³/mol. The van der Waals surface area contributed by atoms with Crippen LogP contribution in [0.3, 0.4) is 0 Å². The Hall–Kier alpha value is -2.40. The van der Waals surface area contributed by atoms with E-state index in [0.717, 1.165) is 16.8 Å². The second-order valence-corrected chi connectivity index (χ2v) is 5.54. The van der Waals surface area contributed by atoms with Crippen molar-refractivity contribution in [2.24, 2.45) is 0 Å². The Kier molecular flexibility index (Phi) is 5.12. The van der Waals surface area contributed by atoms with Gasteiger partial charge in [0.05, 0.1) is 5.56 Å². The van der Waals surface area contributed by atoms with Gasteiger partial charge in [-0.2, -0.15) is 0 Å². The molecule has 4 nitrogen and oxygen atoms in total. The SMILES string of the molecule is Cc1ccc(NC(=S)NCc2ccc(C(=O)O)cc2)c(C)c1. The quantitative estimate of drug-likeness (QED) is 0.754. The minimum Gasteiger partial charge on any atom is -0.478 e. The molecule has 0 aliphatic heterocycles. The maximum absolute atomic E-state index is 10.8. The first-order chi connectivity index (χ1) is 10.5. The first kappa shape index (κ1) is 16.0. The summed E-state index contributed by atoms with van der Waals surface area (Å²) in [6.07, 6.45) is 0. The van der Waals surface area contributed by atoms with E-state index in [0.29, 0.717) is 11.7 Å². The summed E-state index contributed by atoms with van der Waals surface area (Å²) in [5.41, 5.74) is 4.56. The van der Waals surface area contributed by atoms with Gasteiger partial charge >= 0.3 is 5.97 Å². The molecule has 0 spiro atoms. The first-order valence-corrected chi connectivity index (χ1v) is 7.31. The summed E-state index contributed by atoms with van der Waals surface area (Å²) in [6.45, 7) is 4.62. The summed E-state index contributed by atoms with van der Waals surface area (Å²) in [5, 5.41) is 15.7. The zero-order valence-electron chi connectivity index (χ0n) is 12.5. The van der Waals surface area contributed by atoms with E-state index in [1.54, 1.807) is 24.3 Å². The van der Waals surface area contributed by atoms with Crippen LogP contribution in [0.25, 0.3) is 0 Å². The number of carboxylic acids is 1. The molecule has 0 fully saturated rings. The second kappa shape index (κ2) is 7.04. The third-order valence-corrected chi connectivity index (χ3v) is 3.53. The Morgan fingerprint density at radius 1 is 1.14 bits per heavy atom. The van der Waals surface area contributed by atoms with Gasteiger partial charge in [0.2, 0.25) is 0 Å². The molecule has 0 atom stereocenters. The van der Waals surface area contributed by atoms with Gasteiger partial charge in [0.1, 0.15) is 0 Å². The Morgan fingerprint density at radius 2 is 1.82 bits per heavy atom. The molecule has 22 heavy (non-hydrogen) atoms. The lowest BCUT2D eigenvalue weighted by Gasteiger charge is -2.13. The number of aromatic carboxylic acids is 1. The number of hydrogen-bond acceptors (Lipinski definition) is 2. The van der Waals surface area contributed by atoms with Crippen LogP contribution in [0, 0.1) is 13.8 Å². The summed E-state index contributed by atoms with van der Waals surface area (Å²) in [7, 11) is 0. The van der Waals surface area contributed by atoms with Crippen LogP contribution in [0.15, 0.2) is 42.5 Å². The smallest absolute Gasteiger partial charge is 0.335 e. The van der Waals surface area contributed by atoms with Crippen molar-refractivity contribution in [2.45, 2.75) is 20.4 Å². The second-order valence-electron chi connectivity index (χ2n) is 5.13. The van der Waals surface area contributed by atoms with Gasteiger partial charge in [-0.3, -0.25) is 0 Å². The number of thiocarbonyl (C=S) groups is 1. The third-order valence-electron chi connectivity index (χ3n) is 3.28. The lowest BCUT2D eigenvalue weighted by molar-refractivity contribution is 0.0697. The van der Waals surface area contributed by atoms with Crippen LogP contribution >= 0.6 is 12.2 Å². The molecule has 0 heterocycles. The number of carboxylic acid groups (broad SMARTS) is 1. The highest BCUT2D eigenvalue weighted by molar-refractivity contribution is 7.80. The largest absolute Gasteiger partial charge is 0.478 e. The minimum absolute atomic E-state index is 0.278.